The highest BCUT2D eigenvalue weighted by Crippen LogP contribution is 2.32. The Kier molecular flexibility index (Phi) is 5.04. The highest BCUT2D eigenvalue weighted by atomic mass is 32.2. The maximum Gasteiger partial charge on any atom is 0.224 e. The Morgan fingerprint density at radius 3 is 2.70 bits per heavy atom. The molecule has 2 aromatic rings. The molecule has 1 heterocycles. The molecule has 20 heavy (non-hydrogen) atoms. The summed E-state index contributed by atoms with van der Waals surface area (Å²) in [5.41, 5.74) is 3.27. The van der Waals surface area contributed by atoms with Crippen molar-refractivity contribution in [1.29, 1.82) is 0 Å². The largest absolute Gasteiger partial charge is 0.437 e. The van der Waals surface area contributed by atoms with Crippen LogP contribution in [0.5, 0.6) is 11.6 Å². The lowest BCUT2D eigenvalue weighted by atomic mass is 10.1. The summed E-state index contributed by atoms with van der Waals surface area (Å²) in [6.07, 6.45) is 2.05. The molecule has 0 saturated heterocycles. The van der Waals surface area contributed by atoms with Crippen LogP contribution in [0.1, 0.15) is 16.8 Å². The van der Waals surface area contributed by atoms with Crippen LogP contribution in [-0.4, -0.2) is 18.3 Å². The Labute approximate surface area is 124 Å². The molecule has 0 atom stereocenters. The van der Waals surface area contributed by atoms with Crippen molar-refractivity contribution < 1.29 is 4.74 Å². The van der Waals surface area contributed by atoms with Crippen molar-refractivity contribution in [3.05, 3.63) is 47.2 Å². The van der Waals surface area contributed by atoms with Gasteiger partial charge in [0.05, 0.1) is 0 Å². The van der Waals surface area contributed by atoms with E-state index in [1.165, 1.54) is 5.56 Å². The number of thioether (sulfide) groups is 1. The first-order valence-corrected chi connectivity index (χ1v) is 7.80. The predicted molar refractivity (Wildman–Crippen MR) is 84.8 cm³/mol. The zero-order valence-corrected chi connectivity index (χ0v) is 13.2. The lowest BCUT2D eigenvalue weighted by molar-refractivity contribution is 0.442. The van der Waals surface area contributed by atoms with E-state index in [2.05, 4.69) is 29.4 Å². The van der Waals surface area contributed by atoms with Gasteiger partial charge in [-0.15, -0.1) is 11.8 Å². The van der Waals surface area contributed by atoms with Gasteiger partial charge in [0.2, 0.25) is 5.88 Å². The number of para-hydroxylation sites is 1. The van der Waals surface area contributed by atoms with Gasteiger partial charge in [0.25, 0.3) is 0 Å². The highest BCUT2D eigenvalue weighted by Gasteiger charge is 2.12. The standard InChI is InChI=1S/C16H20N2OS/c1-11-9-12(2)18-16(13(11)10-17-3)19-14-7-5-6-8-15(14)20-4/h5-9,17H,10H2,1-4H3. The molecule has 0 amide bonds. The van der Waals surface area contributed by atoms with Crippen LogP contribution >= 0.6 is 11.8 Å². The summed E-state index contributed by atoms with van der Waals surface area (Å²) in [5.74, 6) is 1.55. The minimum Gasteiger partial charge on any atom is -0.437 e. The molecule has 3 nitrogen and oxygen atoms in total. The number of aromatic nitrogens is 1. The molecule has 4 heteroatoms. The van der Waals surface area contributed by atoms with Crippen molar-refractivity contribution in [3.8, 4) is 11.6 Å². The average Bonchev–Trinajstić information content (AvgIpc) is 2.43. The van der Waals surface area contributed by atoms with Crippen molar-refractivity contribution >= 4 is 11.8 Å². The molecule has 1 aromatic carbocycles. The third-order valence-electron chi connectivity index (χ3n) is 3.07. The van der Waals surface area contributed by atoms with E-state index in [1.807, 2.05) is 38.4 Å². The molecule has 0 fully saturated rings. The van der Waals surface area contributed by atoms with E-state index in [1.54, 1.807) is 11.8 Å². The summed E-state index contributed by atoms with van der Waals surface area (Å²) in [7, 11) is 1.93. The lowest BCUT2D eigenvalue weighted by Gasteiger charge is -2.15. The van der Waals surface area contributed by atoms with E-state index in [9.17, 15) is 0 Å². The first-order chi connectivity index (χ1) is 9.65. The quantitative estimate of drug-likeness (QED) is 0.845. The number of hydrogen-bond donors (Lipinski definition) is 1. The number of nitrogens with one attached hydrogen (secondary N) is 1. The van der Waals surface area contributed by atoms with Gasteiger partial charge in [-0.3, -0.25) is 0 Å². The van der Waals surface area contributed by atoms with E-state index in [0.29, 0.717) is 5.88 Å². The van der Waals surface area contributed by atoms with Gasteiger partial charge in [-0.2, -0.15) is 0 Å². The second-order valence-electron chi connectivity index (χ2n) is 4.65. The number of aryl methyl sites for hydroxylation is 2. The molecule has 0 aliphatic rings. The van der Waals surface area contributed by atoms with Gasteiger partial charge < -0.3 is 10.1 Å². The van der Waals surface area contributed by atoms with Crippen LogP contribution in [0.3, 0.4) is 0 Å². The van der Waals surface area contributed by atoms with Crippen molar-refractivity contribution in [2.75, 3.05) is 13.3 Å². The minimum absolute atomic E-state index is 0.693. The average molecular weight is 288 g/mol. The van der Waals surface area contributed by atoms with Crippen molar-refractivity contribution in [3.63, 3.8) is 0 Å². The zero-order valence-electron chi connectivity index (χ0n) is 12.4. The van der Waals surface area contributed by atoms with Gasteiger partial charge in [0.15, 0.2) is 0 Å². The molecule has 0 radical (unpaired) electrons. The van der Waals surface area contributed by atoms with Crippen LogP contribution in [0.15, 0.2) is 35.2 Å². The SMILES string of the molecule is CNCc1c(C)cc(C)nc1Oc1ccccc1SC. The molecule has 0 aliphatic carbocycles. The number of rotatable bonds is 5. The van der Waals surface area contributed by atoms with E-state index >= 15 is 0 Å². The summed E-state index contributed by atoms with van der Waals surface area (Å²) < 4.78 is 6.07. The molecular formula is C16H20N2OS. The van der Waals surface area contributed by atoms with Gasteiger partial charge in [-0.25, -0.2) is 4.98 Å². The molecule has 1 aromatic heterocycles. The monoisotopic (exact) mass is 288 g/mol. The lowest BCUT2D eigenvalue weighted by Crippen LogP contribution is -2.10. The fourth-order valence-corrected chi connectivity index (χ4v) is 2.64. The molecule has 0 bridgehead atoms. The molecular weight excluding hydrogens is 268 g/mol. The Hall–Kier alpha value is -1.52. The second kappa shape index (κ2) is 6.77. The molecule has 0 spiro atoms. The normalized spacial score (nSPS) is 10.6. The first-order valence-electron chi connectivity index (χ1n) is 6.58. The van der Waals surface area contributed by atoms with Crippen LogP contribution in [0.4, 0.5) is 0 Å². The van der Waals surface area contributed by atoms with Gasteiger partial charge in [-0.1, -0.05) is 12.1 Å². The minimum atomic E-state index is 0.693. The summed E-state index contributed by atoms with van der Waals surface area (Å²) >= 11 is 1.67. The van der Waals surface area contributed by atoms with E-state index in [-0.39, 0.29) is 0 Å². The van der Waals surface area contributed by atoms with Gasteiger partial charge in [-0.05, 0) is 50.9 Å². The number of ether oxygens (including phenoxy) is 1. The molecule has 106 valence electrons. The van der Waals surface area contributed by atoms with Crippen molar-refractivity contribution in [2.45, 2.75) is 25.3 Å². The Morgan fingerprint density at radius 2 is 2.00 bits per heavy atom. The topological polar surface area (TPSA) is 34.2 Å². The molecule has 0 saturated carbocycles. The van der Waals surface area contributed by atoms with Gasteiger partial charge in [0.1, 0.15) is 5.75 Å². The van der Waals surface area contributed by atoms with Crippen molar-refractivity contribution in [2.24, 2.45) is 0 Å². The number of benzene rings is 1. The highest BCUT2D eigenvalue weighted by molar-refractivity contribution is 7.98. The number of hydrogen-bond acceptors (Lipinski definition) is 4. The summed E-state index contributed by atoms with van der Waals surface area (Å²) in [4.78, 5) is 5.67. The Morgan fingerprint density at radius 1 is 1.25 bits per heavy atom. The molecule has 2 rings (SSSR count). The van der Waals surface area contributed by atoms with Crippen LogP contribution in [0.2, 0.25) is 0 Å². The number of nitrogens with zero attached hydrogens (tertiary/aromatic N) is 1. The van der Waals surface area contributed by atoms with E-state index < -0.39 is 0 Å². The summed E-state index contributed by atoms with van der Waals surface area (Å²) in [6, 6.07) is 10.1. The zero-order chi connectivity index (χ0) is 14.5. The van der Waals surface area contributed by atoms with Crippen LogP contribution in [0, 0.1) is 13.8 Å². The molecule has 1 N–H and O–H groups in total. The summed E-state index contributed by atoms with van der Waals surface area (Å²) in [5, 5.41) is 3.17. The van der Waals surface area contributed by atoms with Gasteiger partial charge in [0, 0.05) is 22.7 Å². The first kappa shape index (κ1) is 14.9. The number of pyridine rings is 1. The van der Waals surface area contributed by atoms with Crippen molar-refractivity contribution in [1.82, 2.24) is 10.3 Å². The fourth-order valence-electron chi connectivity index (χ4n) is 2.11. The van der Waals surface area contributed by atoms with E-state index in [0.717, 1.165) is 28.4 Å². The molecule has 0 unspecified atom stereocenters. The van der Waals surface area contributed by atoms with Crippen LogP contribution in [-0.2, 0) is 6.54 Å². The maximum atomic E-state index is 6.07. The van der Waals surface area contributed by atoms with Crippen LogP contribution < -0.4 is 10.1 Å². The predicted octanol–water partition coefficient (Wildman–Crippen LogP) is 3.93. The Bertz CT molecular complexity index is 599. The second-order valence-corrected chi connectivity index (χ2v) is 5.50. The maximum absolute atomic E-state index is 6.07. The fraction of sp³-hybridized carbons (Fsp3) is 0.312. The third-order valence-corrected chi connectivity index (χ3v) is 3.84. The van der Waals surface area contributed by atoms with Gasteiger partial charge >= 0.3 is 0 Å². The van der Waals surface area contributed by atoms with E-state index in [4.69, 9.17) is 4.74 Å². The van der Waals surface area contributed by atoms with Crippen LogP contribution in [0.25, 0.3) is 0 Å². The smallest absolute Gasteiger partial charge is 0.224 e. The third kappa shape index (κ3) is 3.32. The summed E-state index contributed by atoms with van der Waals surface area (Å²) in [6.45, 7) is 4.83. The molecule has 0 aliphatic heterocycles. The Balaban J connectivity index is 2.42.